The first-order chi connectivity index (χ1) is 7.76. The van der Waals surface area contributed by atoms with Crippen LogP contribution in [0.5, 0.6) is 5.75 Å². The summed E-state index contributed by atoms with van der Waals surface area (Å²) in [5.41, 5.74) is 1.04. The fraction of sp³-hybridized carbons (Fsp3) is 0.250. The molecule has 4 heteroatoms. The number of rotatable bonds is 3. The Labute approximate surface area is 99.6 Å². The van der Waals surface area contributed by atoms with Crippen molar-refractivity contribution in [2.24, 2.45) is 0 Å². The third-order valence-corrected chi connectivity index (χ3v) is 2.77. The lowest BCUT2D eigenvalue weighted by molar-refractivity contribution is 0.415. The van der Waals surface area contributed by atoms with Crippen LogP contribution in [-0.2, 0) is 6.54 Å². The van der Waals surface area contributed by atoms with Gasteiger partial charge in [-0.05, 0) is 31.2 Å². The van der Waals surface area contributed by atoms with Crippen LogP contribution in [0.2, 0.25) is 5.15 Å². The topological polar surface area (TPSA) is 27.1 Å². The molecule has 3 nitrogen and oxygen atoms in total. The van der Waals surface area contributed by atoms with Crippen molar-refractivity contribution < 1.29 is 4.74 Å². The van der Waals surface area contributed by atoms with Gasteiger partial charge in [-0.25, -0.2) is 4.98 Å². The van der Waals surface area contributed by atoms with Gasteiger partial charge in [-0.2, -0.15) is 0 Å². The zero-order valence-electron chi connectivity index (χ0n) is 9.27. The first-order valence-corrected chi connectivity index (χ1v) is 5.49. The number of hydrogen-bond donors (Lipinski definition) is 0. The summed E-state index contributed by atoms with van der Waals surface area (Å²) in [5, 5.41) is 0.660. The van der Waals surface area contributed by atoms with E-state index in [1.54, 1.807) is 13.3 Å². The van der Waals surface area contributed by atoms with Crippen molar-refractivity contribution in [1.82, 2.24) is 9.55 Å². The third kappa shape index (κ3) is 1.91. The second kappa shape index (κ2) is 4.58. The zero-order chi connectivity index (χ0) is 11.5. The minimum absolute atomic E-state index is 0.660. The summed E-state index contributed by atoms with van der Waals surface area (Å²) in [6, 6.07) is 7.78. The maximum Gasteiger partial charge on any atom is 0.141 e. The van der Waals surface area contributed by atoms with E-state index >= 15 is 0 Å². The van der Waals surface area contributed by atoms with Gasteiger partial charge in [-0.15, -0.1) is 0 Å². The third-order valence-electron chi connectivity index (χ3n) is 2.47. The number of methoxy groups -OCH3 is 1. The maximum atomic E-state index is 6.03. The van der Waals surface area contributed by atoms with E-state index in [0.717, 1.165) is 23.7 Å². The van der Waals surface area contributed by atoms with Crippen molar-refractivity contribution in [3.8, 4) is 17.1 Å². The van der Waals surface area contributed by atoms with Crippen LogP contribution in [0.3, 0.4) is 0 Å². The van der Waals surface area contributed by atoms with Gasteiger partial charge in [0.05, 0.1) is 13.3 Å². The summed E-state index contributed by atoms with van der Waals surface area (Å²) < 4.78 is 7.08. The molecule has 84 valence electrons. The molecular formula is C12H13ClN2O. The van der Waals surface area contributed by atoms with Gasteiger partial charge in [0, 0.05) is 12.1 Å². The van der Waals surface area contributed by atoms with E-state index in [-0.39, 0.29) is 0 Å². The van der Waals surface area contributed by atoms with Gasteiger partial charge in [0.15, 0.2) is 0 Å². The molecule has 0 aliphatic heterocycles. The van der Waals surface area contributed by atoms with Crippen LogP contribution < -0.4 is 4.74 Å². The molecule has 0 saturated carbocycles. The van der Waals surface area contributed by atoms with E-state index in [1.807, 2.05) is 35.8 Å². The van der Waals surface area contributed by atoms with Crippen LogP contribution in [0.4, 0.5) is 0 Å². The molecule has 0 N–H and O–H groups in total. The number of benzene rings is 1. The highest BCUT2D eigenvalue weighted by Crippen LogP contribution is 2.24. The molecule has 0 amide bonds. The Morgan fingerprint density at radius 3 is 2.56 bits per heavy atom. The van der Waals surface area contributed by atoms with E-state index in [9.17, 15) is 0 Å². The molecule has 0 fully saturated rings. The largest absolute Gasteiger partial charge is 0.497 e. The number of halogens is 1. The van der Waals surface area contributed by atoms with E-state index < -0.39 is 0 Å². The molecule has 0 radical (unpaired) electrons. The molecule has 2 aromatic rings. The Morgan fingerprint density at radius 2 is 2.00 bits per heavy atom. The Bertz CT molecular complexity index is 476. The van der Waals surface area contributed by atoms with Crippen molar-refractivity contribution in [2.75, 3.05) is 7.11 Å². The SMILES string of the molecule is CCn1c(Cl)cnc1-c1ccc(OC)cc1. The fourth-order valence-electron chi connectivity index (χ4n) is 1.63. The summed E-state index contributed by atoms with van der Waals surface area (Å²) in [5.74, 6) is 1.72. The van der Waals surface area contributed by atoms with Gasteiger partial charge >= 0.3 is 0 Å². The van der Waals surface area contributed by atoms with Gasteiger partial charge < -0.3 is 9.30 Å². The van der Waals surface area contributed by atoms with Crippen LogP contribution >= 0.6 is 11.6 Å². The summed E-state index contributed by atoms with van der Waals surface area (Å²) in [6.07, 6.45) is 1.67. The molecule has 16 heavy (non-hydrogen) atoms. The Hall–Kier alpha value is -1.48. The summed E-state index contributed by atoms with van der Waals surface area (Å²) in [7, 11) is 1.65. The highest BCUT2D eigenvalue weighted by Gasteiger charge is 2.08. The van der Waals surface area contributed by atoms with Gasteiger partial charge in [0.2, 0.25) is 0 Å². The monoisotopic (exact) mass is 236 g/mol. The fourth-order valence-corrected chi connectivity index (χ4v) is 1.87. The van der Waals surface area contributed by atoms with Gasteiger partial charge in [0.1, 0.15) is 16.7 Å². The molecule has 0 aliphatic rings. The highest BCUT2D eigenvalue weighted by atomic mass is 35.5. The molecule has 2 rings (SSSR count). The number of ether oxygens (including phenoxy) is 1. The van der Waals surface area contributed by atoms with E-state index in [0.29, 0.717) is 5.15 Å². The Morgan fingerprint density at radius 1 is 1.31 bits per heavy atom. The minimum Gasteiger partial charge on any atom is -0.497 e. The smallest absolute Gasteiger partial charge is 0.141 e. The van der Waals surface area contributed by atoms with Crippen LogP contribution in [0.15, 0.2) is 30.5 Å². The lowest BCUT2D eigenvalue weighted by Gasteiger charge is -2.06. The minimum atomic E-state index is 0.660. The van der Waals surface area contributed by atoms with Crippen LogP contribution in [0.25, 0.3) is 11.4 Å². The maximum absolute atomic E-state index is 6.03. The molecule has 0 aliphatic carbocycles. The molecule has 0 spiro atoms. The lowest BCUT2D eigenvalue weighted by atomic mass is 10.2. The molecule has 1 aromatic heterocycles. The average Bonchev–Trinajstić information content (AvgIpc) is 2.70. The molecular weight excluding hydrogens is 224 g/mol. The van der Waals surface area contributed by atoms with E-state index in [1.165, 1.54) is 0 Å². The second-order valence-electron chi connectivity index (χ2n) is 3.38. The van der Waals surface area contributed by atoms with Crippen LogP contribution in [0, 0.1) is 0 Å². The summed E-state index contributed by atoms with van der Waals surface area (Å²) >= 11 is 6.03. The van der Waals surface area contributed by atoms with Crippen LogP contribution in [-0.4, -0.2) is 16.7 Å². The van der Waals surface area contributed by atoms with Crippen molar-refractivity contribution in [2.45, 2.75) is 13.5 Å². The first-order valence-electron chi connectivity index (χ1n) is 5.11. The van der Waals surface area contributed by atoms with E-state index in [2.05, 4.69) is 4.98 Å². The van der Waals surface area contributed by atoms with Gasteiger partial charge in [-0.3, -0.25) is 0 Å². The van der Waals surface area contributed by atoms with Gasteiger partial charge in [-0.1, -0.05) is 11.6 Å². The molecule has 0 unspecified atom stereocenters. The Balaban J connectivity index is 2.42. The molecule has 1 aromatic carbocycles. The number of imidazole rings is 1. The quantitative estimate of drug-likeness (QED) is 0.818. The first kappa shape index (κ1) is 11.0. The van der Waals surface area contributed by atoms with Crippen LogP contribution in [0.1, 0.15) is 6.92 Å². The summed E-state index contributed by atoms with van der Waals surface area (Å²) in [6.45, 7) is 2.85. The molecule has 0 atom stereocenters. The van der Waals surface area contributed by atoms with Crippen molar-refractivity contribution in [1.29, 1.82) is 0 Å². The lowest BCUT2D eigenvalue weighted by Crippen LogP contribution is -1.97. The van der Waals surface area contributed by atoms with Crippen molar-refractivity contribution >= 4 is 11.6 Å². The number of aromatic nitrogens is 2. The highest BCUT2D eigenvalue weighted by molar-refractivity contribution is 6.29. The van der Waals surface area contributed by atoms with Crippen molar-refractivity contribution in [3.63, 3.8) is 0 Å². The normalized spacial score (nSPS) is 10.4. The van der Waals surface area contributed by atoms with E-state index in [4.69, 9.17) is 16.3 Å². The second-order valence-corrected chi connectivity index (χ2v) is 3.76. The molecule has 1 heterocycles. The zero-order valence-corrected chi connectivity index (χ0v) is 10.0. The predicted molar refractivity (Wildman–Crippen MR) is 64.9 cm³/mol. The molecule has 0 bridgehead atoms. The molecule has 0 saturated heterocycles. The Kier molecular flexibility index (Phi) is 3.15. The average molecular weight is 237 g/mol. The van der Waals surface area contributed by atoms with Gasteiger partial charge in [0.25, 0.3) is 0 Å². The number of nitrogens with zero attached hydrogens (tertiary/aromatic N) is 2. The standard InChI is InChI=1S/C12H13ClN2O/c1-3-15-11(13)8-14-12(15)9-4-6-10(16-2)7-5-9/h4-8H,3H2,1-2H3. The summed E-state index contributed by atoms with van der Waals surface area (Å²) in [4.78, 5) is 4.30. The van der Waals surface area contributed by atoms with Crippen molar-refractivity contribution in [3.05, 3.63) is 35.6 Å². The predicted octanol–water partition coefficient (Wildman–Crippen LogP) is 3.23. The number of hydrogen-bond acceptors (Lipinski definition) is 2.